The summed E-state index contributed by atoms with van der Waals surface area (Å²) in [4.78, 5) is 46.1. The van der Waals surface area contributed by atoms with Gasteiger partial charge in [-0.05, 0) is 36.8 Å². The number of hydrogen-bond donors (Lipinski definition) is 0. The van der Waals surface area contributed by atoms with Gasteiger partial charge in [0, 0.05) is 0 Å². The predicted molar refractivity (Wildman–Crippen MR) is 110 cm³/mol. The molecule has 0 aliphatic carbocycles. The van der Waals surface area contributed by atoms with Gasteiger partial charge in [-0.15, -0.1) is 0 Å². The third kappa shape index (κ3) is 4.55. The van der Waals surface area contributed by atoms with Crippen LogP contribution in [0.15, 0.2) is 60.7 Å². The lowest BCUT2D eigenvalue weighted by Gasteiger charge is -2.33. The van der Waals surface area contributed by atoms with Gasteiger partial charge in [0.15, 0.2) is 5.41 Å². The van der Waals surface area contributed by atoms with E-state index in [2.05, 4.69) is 0 Å². The van der Waals surface area contributed by atoms with Gasteiger partial charge in [0.05, 0.1) is 5.41 Å². The summed E-state index contributed by atoms with van der Waals surface area (Å²) in [7, 11) is 0. The molecule has 0 saturated carbocycles. The molecule has 0 aromatic heterocycles. The maximum atomic E-state index is 13.1. The molecule has 6 nitrogen and oxygen atoms in total. The van der Waals surface area contributed by atoms with Gasteiger partial charge < -0.3 is 0 Å². The zero-order valence-corrected chi connectivity index (χ0v) is 18.0. The van der Waals surface area contributed by atoms with Crippen molar-refractivity contribution in [2.45, 2.75) is 58.2 Å². The predicted octanol–water partition coefficient (Wildman–Crippen LogP) is 4.63. The second-order valence-electron chi connectivity index (χ2n) is 9.27. The van der Waals surface area contributed by atoms with Gasteiger partial charge in [-0.25, -0.2) is 19.4 Å². The van der Waals surface area contributed by atoms with E-state index in [1.807, 2.05) is 57.2 Å². The molecule has 2 aromatic rings. The van der Waals surface area contributed by atoms with Crippen LogP contribution in [0.25, 0.3) is 0 Å². The minimum Gasteiger partial charge on any atom is -0.246 e. The first kappa shape index (κ1) is 22.0. The Hall–Kier alpha value is -2.70. The Morgan fingerprint density at radius 1 is 0.767 bits per heavy atom. The van der Waals surface area contributed by atoms with Crippen molar-refractivity contribution in [1.82, 2.24) is 0 Å². The Kier molecular flexibility index (Phi) is 6.01. The lowest BCUT2D eigenvalue weighted by atomic mass is 9.71. The number of hydrogen-bond acceptors (Lipinski definition) is 6. The summed E-state index contributed by atoms with van der Waals surface area (Å²) >= 11 is 0. The molecule has 2 atom stereocenters. The Morgan fingerprint density at radius 2 is 1.23 bits per heavy atom. The van der Waals surface area contributed by atoms with Crippen molar-refractivity contribution in [3.8, 4) is 0 Å². The molecule has 2 aromatic carbocycles. The van der Waals surface area contributed by atoms with Crippen LogP contribution >= 0.6 is 0 Å². The zero-order chi connectivity index (χ0) is 22.0. The molecule has 30 heavy (non-hydrogen) atoms. The average Bonchev–Trinajstić information content (AvgIpc) is 3.57. The summed E-state index contributed by atoms with van der Waals surface area (Å²) in [6, 6.07) is 18.3. The molecule has 0 spiro atoms. The third-order valence-corrected chi connectivity index (χ3v) is 5.40. The zero-order valence-electron chi connectivity index (χ0n) is 18.0. The molecule has 0 radical (unpaired) electrons. The maximum absolute atomic E-state index is 13.1. The van der Waals surface area contributed by atoms with Crippen LogP contribution in [0.2, 0.25) is 0 Å². The first-order chi connectivity index (χ1) is 14.1. The van der Waals surface area contributed by atoms with E-state index in [0.717, 1.165) is 5.56 Å². The van der Waals surface area contributed by atoms with Crippen molar-refractivity contribution in [3.05, 3.63) is 71.8 Å². The highest BCUT2D eigenvalue weighted by Crippen LogP contribution is 2.40. The minimum absolute atomic E-state index is 0.165. The molecule has 6 heteroatoms. The highest BCUT2D eigenvalue weighted by Gasteiger charge is 2.56. The lowest BCUT2D eigenvalue weighted by Crippen LogP contribution is -2.42. The van der Waals surface area contributed by atoms with Crippen LogP contribution in [0.3, 0.4) is 0 Å². The van der Waals surface area contributed by atoms with Crippen molar-refractivity contribution in [1.29, 1.82) is 0 Å². The lowest BCUT2D eigenvalue weighted by molar-refractivity contribution is -0.268. The fourth-order valence-electron chi connectivity index (χ4n) is 3.77. The first-order valence-corrected chi connectivity index (χ1v) is 9.94. The molecule has 1 heterocycles. The van der Waals surface area contributed by atoms with E-state index in [4.69, 9.17) is 19.6 Å². The quantitative estimate of drug-likeness (QED) is 0.391. The summed E-state index contributed by atoms with van der Waals surface area (Å²) in [5.74, 6) is -1.40. The van der Waals surface area contributed by atoms with Gasteiger partial charge in [0.1, 0.15) is 0 Å². The molecule has 3 rings (SSSR count). The Morgan fingerprint density at radius 3 is 1.70 bits per heavy atom. The van der Waals surface area contributed by atoms with Gasteiger partial charge in [-0.3, -0.25) is 0 Å². The van der Waals surface area contributed by atoms with Gasteiger partial charge >= 0.3 is 11.9 Å². The van der Waals surface area contributed by atoms with E-state index < -0.39 is 29.1 Å². The fourth-order valence-corrected chi connectivity index (χ4v) is 3.77. The number of benzene rings is 2. The normalized spacial score (nSPS) is 18.0. The molecule has 1 saturated heterocycles. The van der Waals surface area contributed by atoms with Crippen molar-refractivity contribution in [2.24, 2.45) is 5.41 Å². The van der Waals surface area contributed by atoms with Crippen LogP contribution < -0.4 is 0 Å². The molecule has 1 aliphatic heterocycles. The standard InChI is InChI=1S/C24H28O6/c1-22(2,3)16-23(4,17-12-8-6-9-13-17)19(25)27-28-20(26)24(5,21-29-30-21)18-14-10-7-11-15-18/h6-15,21H,16H2,1-5H3. The smallest absolute Gasteiger partial charge is 0.246 e. The summed E-state index contributed by atoms with van der Waals surface area (Å²) < 4.78 is 0. The van der Waals surface area contributed by atoms with Gasteiger partial charge in [-0.1, -0.05) is 81.4 Å². The fraction of sp³-hybridized carbons (Fsp3) is 0.417. The third-order valence-electron chi connectivity index (χ3n) is 5.40. The molecule has 0 bridgehead atoms. The van der Waals surface area contributed by atoms with Crippen LogP contribution in [0, 0.1) is 5.41 Å². The largest absolute Gasteiger partial charge is 0.371 e. The van der Waals surface area contributed by atoms with E-state index in [0.29, 0.717) is 12.0 Å². The second-order valence-corrected chi connectivity index (χ2v) is 9.27. The van der Waals surface area contributed by atoms with Gasteiger partial charge in [0.25, 0.3) is 0 Å². The molecule has 1 fully saturated rings. The first-order valence-electron chi connectivity index (χ1n) is 9.94. The van der Waals surface area contributed by atoms with Crippen molar-refractivity contribution < 1.29 is 29.1 Å². The molecular formula is C24H28O6. The average molecular weight is 412 g/mol. The van der Waals surface area contributed by atoms with Crippen LogP contribution in [0.4, 0.5) is 0 Å². The van der Waals surface area contributed by atoms with E-state index in [1.54, 1.807) is 38.1 Å². The summed E-state index contributed by atoms with van der Waals surface area (Å²) in [6.07, 6.45) is -0.299. The monoisotopic (exact) mass is 412 g/mol. The summed E-state index contributed by atoms with van der Waals surface area (Å²) in [5.41, 5.74) is -0.999. The van der Waals surface area contributed by atoms with Gasteiger partial charge in [0.2, 0.25) is 6.29 Å². The molecule has 2 unspecified atom stereocenters. The highest BCUT2D eigenvalue weighted by molar-refractivity contribution is 5.86. The summed E-state index contributed by atoms with van der Waals surface area (Å²) in [6.45, 7) is 9.56. The van der Waals surface area contributed by atoms with Crippen molar-refractivity contribution in [3.63, 3.8) is 0 Å². The SMILES string of the molecule is CC(C)(C)CC(C)(C(=O)OOC(=O)C(C)(c1ccccc1)C1OO1)c1ccccc1. The van der Waals surface area contributed by atoms with Crippen molar-refractivity contribution in [2.75, 3.05) is 0 Å². The molecule has 0 amide bonds. The Labute approximate surface area is 176 Å². The number of rotatable bonds is 6. The van der Waals surface area contributed by atoms with Crippen molar-refractivity contribution >= 4 is 11.9 Å². The van der Waals surface area contributed by atoms with Crippen LogP contribution in [-0.2, 0) is 40.0 Å². The van der Waals surface area contributed by atoms with E-state index >= 15 is 0 Å². The van der Waals surface area contributed by atoms with Gasteiger partial charge in [-0.2, -0.15) is 9.78 Å². The van der Waals surface area contributed by atoms with Crippen LogP contribution in [0.5, 0.6) is 0 Å². The number of carbonyl (C=O) groups is 2. The second kappa shape index (κ2) is 8.20. The van der Waals surface area contributed by atoms with E-state index in [-0.39, 0.29) is 5.41 Å². The van der Waals surface area contributed by atoms with E-state index in [1.165, 1.54) is 0 Å². The topological polar surface area (TPSA) is 77.7 Å². The van der Waals surface area contributed by atoms with Crippen LogP contribution in [0.1, 0.15) is 52.2 Å². The molecule has 1 aliphatic rings. The maximum Gasteiger partial charge on any atom is 0.371 e. The van der Waals surface area contributed by atoms with Crippen LogP contribution in [-0.4, -0.2) is 18.2 Å². The molecule has 160 valence electrons. The minimum atomic E-state index is -1.27. The molecular weight excluding hydrogens is 384 g/mol. The Balaban J connectivity index is 1.80. The molecule has 0 N–H and O–H groups in total. The number of carbonyl (C=O) groups excluding carboxylic acids is 2. The summed E-state index contributed by atoms with van der Waals surface area (Å²) in [5, 5.41) is 0. The van der Waals surface area contributed by atoms with E-state index in [9.17, 15) is 9.59 Å². The highest BCUT2D eigenvalue weighted by atomic mass is 17.4. The Bertz CT molecular complexity index is 885.